The Morgan fingerprint density at radius 3 is 2.61 bits per heavy atom. The minimum Gasteiger partial charge on any atom is -0.478 e. The van der Waals surface area contributed by atoms with Crippen molar-refractivity contribution in [1.29, 1.82) is 0 Å². The van der Waals surface area contributed by atoms with Crippen LogP contribution in [0, 0.1) is 6.92 Å². The third kappa shape index (κ3) is 4.65. The van der Waals surface area contributed by atoms with Crippen molar-refractivity contribution in [2.75, 3.05) is 11.9 Å². The number of anilines is 1. The summed E-state index contributed by atoms with van der Waals surface area (Å²) in [6, 6.07) is 4.75. The van der Waals surface area contributed by atoms with Crippen molar-refractivity contribution in [3.8, 4) is 0 Å². The zero-order chi connectivity index (χ0) is 13.8. The molecule has 3 nitrogen and oxygen atoms in total. The number of hydrogen-bond donors (Lipinski definition) is 2. The van der Waals surface area contributed by atoms with Crippen LogP contribution in [0.4, 0.5) is 18.9 Å². The maximum atomic E-state index is 11.9. The molecule has 0 bridgehead atoms. The van der Waals surface area contributed by atoms with E-state index in [2.05, 4.69) is 5.32 Å². The maximum Gasteiger partial charge on any atom is 0.389 e. The molecule has 2 N–H and O–H groups in total. The summed E-state index contributed by atoms with van der Waals surface area (Å²) in [5, 5.41) is 11.7. The Morgan fingerprint density at radius 1 is 1.39 bits per heavy atom. The quantitative estimate of drug-likeness (QED) is 0.798. The van der Waals surface area contributed by atoms with Gasteiger partial charge in [0.15, 0.2) is 0 Å². The highest BCUT2D eigenvalue weighted by atomic mass is 19.4. The van der Waals surface area contributed by atoms with Crippen LogP contribution in [0.2, 0.25) is 0 Å². The zero-order valence-corrected chi connectivity index (χ0v) is 9.84. The monoisotopic (exact) mass is 261 g/mol. The number of aromatic carboxylic acids is 1. The highest BCUT2D eigenvalue weighted by Gasteiger charge is 2.25. The van der Waals surface area contributed by atoms with Gasteiger partial charge in [-0.1, -0.05) is 11.6 Å². The molecule has 0 spiro atoms. The first kappa shape index (κ1) is 14.3. The Labute approximate surface area is 103 Å². The van der Waals surface area contributed by atoms with Crippen molar-refractivity contribution >= 4 is 11.7 Å². The van der Waals surface area contributed by atoms with Crippen LogP contribution >= 0.6 is 0 Å². The van der Waals surface area contributed by atoms with E-state index in [0.717, 1.165) is 5.56 Å². The van der Waals surface area contributed by atoms with Crippen LogP contribution in [0.3, 0.4) is 0 Å². The number of carboxylic acids is 1. The fourth-order valence-electron chi connectivity index (χ4n) is 1.50. The number of hydrogen-bond acceptors (Lipinski definition) is 2. The number of rotatable bonds is 5. The lowest BCUT2D eigenvalue weighted by Gasteiger charge is -2.11. The Hall–Kier alpha value is -1.72. The van der Waals surface area contributed by atoms with Gasteiger partial charge >= 0.3 is 12.1 Å². The van der Waals surface area contributed by atoms with E-state index in [1.54, 1.807) is 19.1 Å². The Kier molecular flexibility index (Phi) is 4.58. The number of carboxylic acid groups (broad SMARTS) is 1. The van der Waals surface area contributed by atoms with E-state index in [1.165, 1.54) is 6.07 Å². The molecule has 1 rings (SSSR count). The highest BCUT2D eigenvalue weighted by molar-refractivity contribution is 5.94. The summed E-state index contributed by atoms with van der Waals surface area (Å²) in [5.41, 5.74) is 1.20. The molecule has 0 saturated carbocycles. The van der Waals surface area contributed by atoms with Crippen molar-refractivity contribution in [3.63, 3.8) is 0 Å². The van der Waals surface area contributed by atoms with Crippen molar-refractivity contribution < 1.29 is 23.1 Å². The van der Waals surface area contributed by atoms with Gasteiger partial charge in [0.1, 0.15) is 0 Å². The zero-order valence-electron chi connectivity index (χ0n) is 9.84. The predicted molar refractivity (Wildman–Crippen MR) is 61.9 cm³/mol. The molecule has 6 heteroatoms. The minimum absolute atomic E-state index is 0.0713. The predicted octanol–water partition coefficient (Wildman–Crippen LogP) is 3.45. The lowest BCUT2D eigenvalue weighted by molar-refractivity contribution is -0.134. The molecule has 0 aliphatic heterocycles. The Bertz CT molecular complexity index is 430. The lowest BCUT2D eigenvalue weighted by atomic mass is 10.1. The molecule has 0 radical (unpaired) electrons. The number of nitrogens with one attached hydrogen (secondary N) is 1. The highest BCUT2D eigenvalue weighted by Crippen LogP contribution is 2.22. The molecule has 0 aromatic heterocycles. The number of halogens is 3. The smallest absolute Gasteiger partial charge is 0.389 e. The molecule has 0 saturated heterocycles. The van der Waals surface area contributed by atoms with Gasteiger partial charge in [-0.2, -0.15) is 13.2 Å². The second-order valence-corrected chi connectivity index (χ2v) is 4.00. The van der Waals surface area contributed by atoms with Gasteiger partial charge in [0.2, 0.25) is 0 Å². The maximum absolute atomic E-state index is 11.9. The molecule has 0 amide bonds. The topological polar surface area (TPSA) is 49.3 Å². The van der Waals surface area contributed by atoms with Crippen molar-refractivity contribution in [1.82, 2.24) is 0 Å². The largest absolute Gasteiger partial charge is 0.478 e. The second kappa shape index (κ2) is 5.75. The van der Waals surface area contributed by atoms with E-state index in [4.69, 9.17) is 5.11 Å². The first-order valence-corrected chi connectivity index (χ1v) is 5.44. The average molecular weight is 261 g/mol. The van der Waals surface area contributed by atoms with Crippen LogP contribution < -0.4 is 5.32 Å². The van der Waals surface area contributed by atoms with E-state index < -0.39 is 18.6 Å². The van der Waals surface area contributed by atoms with Crippen LogP contribution in [0.25, 0.3) is 0 Å². The molecule has 1 aromatic rings. The van der Waals surface area contributed by atoms with Crippen LogP contribution in [0.1, 0.15) is 28.8 Å². The molecule has 100 valence electrons. The van der Waals surface area contributed by atoms with Crippen LogP contribution in [0.5, 0.6) is 0 Å². The van der Waals surface area contributed by atoms with Gasteiger partial charge in [-0.15, -0.1) is 0 Å². The first-order valence-electron chi connectivity index (χ1n) is 5.44. The molecule has 0 aliphatic rings. The summed E-state index contributed by atoms with van der Waals surface area (Å²) in [7, 11) is 0. The van der Waals surface area contributed by atoms with Crippen LogP contribution in [0.15, 0.2) is 18.2 Å². The van der Waals surface area contributed by atoms with E-state index >= 15 is 0 Å². The number of alkyl halides is 3. The van der Waals surface area contributed by atoms with E-state index in [-0.39, 0.29) is 18.5 Å². The number of benzene rings is 1. The summed E-state index contributed by atoms with van der Waals surface area (Å²) in [6.07, 6.45) is -5.14. The summed E-state index contributed by atoms with van der Waals surface area (Å²) >= 11 is 0. The Balaban J connectivity index is 2.59. The average Bonchev–Trinajstić information content (AvgIpc) is 2.24. The van der Waals surface area contributed by atoms with Gasteiger partial charge in [-0.25, -0.2) is 4.79 Å². The molecule has 1 aromatic carbocycles. The fraction of sp³-hybridized carbons (Fsp3) is 0.417. The number of carbonyl (C=O) groups is 1. The van der Waals surface area contributed by atoms with Gasteiger partial charge in [0, 0.05) is 18.7 Å². The molecular weight excluding hydrogens is 247 g/mol. The van der Waals surface area contributed by atoms with Crippen molar-refractivity contribution in [2.24, 2.45) is 0 Å². The molecule has 0 unspecified atom stereocenters. The van der Waals surface area contributed by atoms with E-state index in [1.807, 2.05) is 0 Å². The lowest BCUT2D eigenvalue weighted by Crippen LogP contribution is -2.12. The summed E-state index contributed by atoms with van der Waals surface area (Å²) in [6.45, 7) is 1.84. The second-order valence-electron chi connectivity index (χ2n) is 4.00. The SMILES string of the molecule is Cc1ccc(NCCCC(F)(F)F)c(C(=O)O)c1. The summed E-state index contributed by atoms with van der Waals surface area (Å²) in [5.74, 6) is -1.10. The van der Waals surface area contributed by atoms with Crippen molar-refractivity contribution in [3.05, 3.63) is 29.3 Å². The van der Waals surface area contributed by atoms with Gasteiger partial charge < -0.3 is 10.4 Å². The van der Waals surface area contributed by atoms with Gasteiger partial charge in [0.05, 0.1) is 5.56 Å². The molecule has 0 fully saturated rings. The van der Waals surface area contributed by atoms with Gasteiger partial charge in [-0.05, 0) is 25.5 Å². The minimum atomic E-state index is -4.18. The van der Waals surface area contributed by atoms with E-state index in [9.17, 15) is 18.0 Å². The molecule has 0 atom stereocenters. The fourth-order valence-corrected chi connectivity index (χ4v) is 1.50. The Morgan fingerprint density at radius 2 is 2.06 bits per heavy atom. The van der Waals surface area contributed by atoms with Gasteiger partial charge in [-0.3, -0.25) is 0 Å². The van der Waals surface area contributed by atoms with Crippen LogP contribution in [-0.4, -0.2) is 23.8 Å². The third-order valence-corrected chi connectivity index (χ3v) is 2.36. The molecule has 18 heavy (non-hydrogen) atoms. The normalized spacial score (nSPS) is 11.3. The van der Waals surface area contributed by atoms with Crippen molar-refractivity contribution in [2.45, 2.75) is 25.9 Å². The molecule has 0 aliphatic carbocycles. The summed E-state index contributed by atoms with van der Waals surface area (Å²) < 4.78 is 35.8. The first-order chi connectivity index (χ1) is 8.29. The number of aryl methyl sites for hydroxylation is 1. The molecule has 0 heterocycles. The van der Waals surface area contributed by atoms with Crippen LogP contribution in [-0.2, 0) is 0 Å². The molecular formula is C12H14F3NO2. The van der Waals surface area contributed by atoms with E-state index in [0.29, 0.717) is 5.69 Å². The standard InChI is InChI=1S/C12H14F3NO2/c1-8-3-4-10(9(7-8)11(17)18)16-6-2-5-12(13,14)15/h3-4,7,16H,2,5-6H2,1H3,(H,17,18). The third-order valence-electron chi connectivity index (χ3n) is 2.36. The van der Waals surface area contributed by atoms with Gasteiger partial charge in [0.25, 0.3) is 0 Å². The summed E-state index contributed by atoms with van der Waals surface area (Å²) in [4.78, 5) is 10.9.